The van der Waals surface area contributed by atoms with Gasteiger partial charge in [-0.25, -0.2) is 0 Å². The van der Waals surface area contributed by atoms with Crippen LogP contribution in [0.1, 0.15) is 27.7 Å². The maximum Gasteiger partial charge on any atom is 0.152 e. The van der Waals surface area contributed by atoms with E-state index in [0.717, 1.165) is 11.1 Å². The highest BCUT2D eigenvalue weighted by molar-refractivity contribution is 5.87. The molecule has 0 rings (SSSR count). The minimum Gasteiger partial charge on any atom is -0.295 e. The van der Waals surface area contributed by atoms with Crippen molar-refractivity contribution < 1.29 is 9.59 Å². The molecule has 0 atom stereocenters. The van der Waals surface area contributed by atoms with Crippen molar-refractivity contribution in [1.29, 1.82) is 0 Å². The highest BCUT2D eigenvalue weighted by Gasteiger charge is 1.78. The summed E-state index contributed by atoms with van der Waals surface area (Å²) in [6.07, 6.45) is 25.0. The number of hydrogen-bond donors (Lipinski definition) is 0. The zero-order valence-corrected chi connectivity index (χ0v) is 16.9. The Kier molecular flexibility index (Phi) is 14.7. The van der Waals surface area contributed by atoms with Crippen molar-refractivity contribution in [2.75, 3.05) is 0 Å². The molecule has 0 fully saturated rings. The van der Waals surface area contributed by atoms with Crippen molar-refractivity contribution in [3.05, 3.63) is 96.2 Å². The summed E-state index contributed by atoms with van der Waals surface area (Å²) in [4.78, 5) is 21.4. The number of carbonyl (C=O) groups is 2. The van der Waals surface area contributed by atoms with Crippen LogP contribution in [0.3, 0.4) is 0 Å². The van der Waals surface area contributed by atoms with Crippen LogP contribution in [0, 0.1) is 23.7 Å². The van der Waals surface area contributed by atoms with Crippen LogP contribution in [0.25, 0.3) is 0 Å². The molecule has 0 aromatic heterocycles. The molecule has 0 aromatic rings. The van der Waals surface area contributed by atoms with Gasteiger partial charge in [0.05, 0.1) is 0 Å². The van der Waals surface area contributed by atoms with E-state index in [9.17, 15) is 9.59 Å². The Morgan fingerprint density at radius 1 is 0.500 bits per heavy atom. The Morgan fingerprint density at radius 2 is 0.821 bits per heavy atom. The van der Waals surface area contributed by atoms with Crippen molar-refractivity contribution in [3.8, 4) is 23.7 Å². The fourth-order valence-electron chi connectivity index (χ4n) is 1.51. The summed E-state index contributed by atoms with van der Waals surface area (Å²) in [5.74, 6) is 11.6. The quantitative estimate of drug-likeness (QED) is 0.326. The van der Waals surface area contributed by atoms with Gasteiger partial charge >= 0.3 is 0 Å². The first-order valence-electron chi connectivity index (χ1n) is 8.81. The average molecular weight is 370 g/mol. The van der Waals surface area contributed by atoms with Crippen molar-refractivity contribution in [1.82, 2.24) is 0 Å². The Balaban J connectivity index is 4.51. The van der Waals surface area contributed by atoms with Gasteiger partial charge in [-0.15, -0.1) is 0 Å². The topological polar surface area (TPSA) is 34.1 Å². The molecular formula is C26H26O2. The van der Waals surface area contributed by atoms with E-state index in [1.807, 2.05) is 62.5 Å². The summed E-state index contributed by atoms with van der Waals surface area (Å²) < 4.78 is 0. The van der Waals surface area contributed by atoms with Gasteiger partial charge in [0.25, 0.3) is 0 Å². The van der Waals surface area contributed by atoms with Gasteiger partial charge < -0.3 is 0 Å². The highest BCUT2D eigenvalue weighted by atomic mass is 16.1. The van der Waals surface area contributed by atoms with Crippen molar-refractivity contribution in [3.63, 3.8) is 0 Å². The van der Waals surface area contributed by atoms with Crippen LogP contribution >= 0.6 is 0 Å². The first-order valence-corrected chi connectivity index (χ1v) is 8.81. The van der Waals surface area contributed by atoms with Gasteiger partial charge in [0.2, 0.25) is 0 Å². The lowest BCUT2D eigenvalue weighted by Crippen LogP contribution is -1.77. The molecule has 0 amide bonds. The molecule has 0 N–H and O–H groups in total. The summed E-state index contributed by atoms with van der Waals surface area (Å²) in [6, 6.07) is 0. The molecular weight excluding hydrogens is 344 g/mol. The standard InChI is InChI=1S/C26H26O2/c1-23(17-11-7-5-9-13-21-25(3)27)19-15-16-20-24(2)18-12-8-6-10-14-22-26(4)28/h5-14,17-18,21-22H,1-4H3/b9-5+,10-6+,11-7+,12-8+,21-13+,22-14+,23-17-,24-18-. The van der Waals surface area contributed by atoms with Gasteiger partial charge in [0.1, 0.15) is 0 Å². The first-order chi connectivity index (χ1) is 13.4. The lowest BCUT2D eigenvalue weighted by molar-refractivity contribution is -0.113. The normalized spacial score (nSPS) is 13.0. The number of allylic oxidation sites excluding steroid dienone is 16. The maximum atomic E-state index is 10.7. The van der Waals surface area contributed by atoms with E-state index in [0.29, 0.717) is 0 Å². The van der Waals surface area contributed by atoms with Gasteiger partial charge in [-0.2, -0.15) is 0 Å². The number of rotatable bonds is 8. The van der Waals surface area contributed by atoms with E-state index < -0.39 is 0 Å². The molecule has 2 heteroatoms. The molecule has 28 heavy (non-hydrogen) atoms. The van der Waals surface area contributed by atoms with Crippen molar-refractivity contribution >= 4 is 11.6 Å². The third-order valence-electron chi connectivity index (χ3n) is 2.83. The Labute approximate surface area is 169 Å². The second-order valence-electron chi connectivity index (χ2n) is 5.68. The molecule has 0 spiro atoms. The molecule has 0 aliphatic heterocycles. The SMILES string of the molecule is CC(=O)/C=C/C=C/C=C/C=C(/C)C#CC#C\C(C)=C/C=C/C=C/C=C/C(C)=O. The molecule has 0 aromatic carbocycles. The maximum absolute atomic E-state index is 10.7. The second kappa shape index (κ2) is 16.8. The molecule has 0 aliphatic rings. The van der Waals surface area contributed by atoms with Gasteiger partial charge in [-0.1, -0.05) is 84.8 Å². The minimum atomic E-state index is 0.0252. The molecule has 0 saturated heterocycles. The molecule has 0 radical (unpaired) electrons. The lowest BCUT2D eigenvalue weighted by Gasteiger charge is -1.82. The molecule has 0 aliphatic carbocycles. The van der Waals surface area contributed by atoms with Crippen LogP contribution in [-0.4, -0.2) is 11.6 Å². The minimum absolute atomic E-state index is 0.0252. The first kappa shape index (κ1) is 24.4. The Bertz CT molecular complexity index is 812. The average Bonchev–Trinajstić information content (AvgIpc) is 2.63. The molecule has 142 valence electrons. The molecule has 0 heterocycles. The second-order valence-corrected chi connectivity index (χ2v) is 5.68. The van der Waals surface area contributed by atoms with Crippen LogP contribution in [0.2, 0.25) is 0 Å². The highest BCUT2D eigenvalue weighted by Crippen LogP contribution is 1.92. The van der Waals surface area contributed by atoms with Gasteiger partial charge in [0, 0.05) is 0 Å². The van der Waals surface area contributed by atoms with E-state index in [-0.39, 0.29) is 11.6 Å². The van der Waals surface area contributed by atoms with E-state index >= 15 is 0 Å². The largest absolute Gasteiger partial charge is 0.295 e. The predicted molar refractivity (Wildman–Crippen MR) is 119 cm³/mol. The Hall–Kier alpha value is -3.62. The lowest BCUT2D eigenvalue weighted by atomic mass is 10.2. The predicted octanol–water partition coefficient (Wildman–Crippen LogP) is 5.40. The summed E-state index contributed by atoms with van der Waals surface area (Å²) in [6.45, 7) is 6.85. The molecule has 2 nitrogen and oxygen atoms in total. The fraction of sp³-hybridized carbons (Fsp3) is 0.154. The summed E-state index contributed by atoms with van der Waals surface area (Å²) in [5.41, 5.74) is 1.81. The van der Waals surface area contributed by atoms with Gasteiger partial charge in [0.15, 0.2) is 11.6 Å². The number of hydrogen-bond acceptors (Lipinski definition) is 2. The van der Waals surface area contributed by atoms with Crippen molar-refractivity contribution in [2.45, 2.75) is 27.7 Å². The van der Waals surface area contributed by atoms with Crippen LogP contribution in [0.4, 0.5) is 0 Å². The van der Waals surface area contributed by atoms with E-state index in [4.69, 9.17) is 0 Å². The number of carbonyl (C=O) groups excluding carboxylic acids is 2. The van der Waals surface area contributed by atoms with Crippen LogP contribution in [0.5, 0.6) is 0 Å². The zero-order valence-electron chi connectivity index (χ0n) is 16.9. The monoisotopic (exact) mass is 370 g/mol. The van der Waals surface area contributed by atoms with Gasteiger partial charge in [-0.3, -0.25) is 9.59 Å². The summed E-state index contributed by atoms with van der Waals surface area (Å²) in [7, 11) is 0. The summed E-state index contributed by atoms with van der Waals surface area (Å²) in [5, 5.41) is 0. The zero-order chi connectivity index (χ0) is 21.0. The van der Waals surface area contributed by atoms with Gasteiger partial charge in [-0.05, 0) is 62.8 Å². The number of ketones is 2. The molecule has 0 saturated carbocycles. The third-order valence-corrected chi connectivity index (χ3v) is 2.83. The molecule has 0 bridgehead atoms. The molecule has 0 unspecified atom stereocenters. The Morgan fingerprint density at radius 3 is 1.18 bits per heavy atom. The summed E-state index contributed by atoms with van der Waals surface area (Å²) >= 11 is 0. The van der Waals surface area contributed by atoms with E-state index in [2.05, 4.69) is 23.7 Å². The van der Waals surface area contributed by atoms with Crippen LogP contribution < -0.4 is 0 Å². The smallest absolute Gasteiger partial charge is 0.152 e. The van der Waals surface area contributed by atoms with Crippen LogP contribution in [-0.2, 0) is 9.59 Å². The fourth-order valence-corrected chi connectivity index (χ4v) is 1.51. The van der Waals surface area contributed by atoms with E-state index in [1.165, 1.54) is 26.0 Å². The van der Waals surface area contributed by atoms with Crippen LogP contribution in [0.15, 0.2) is 96.2 Å². The van der Waals surface area contributed by atoms with Crippen molar-refractivity contribution in [2.24, 2.45) is 0 Å². The van der Waals surface area contributed by atoms with E-state index in [1.54, 1.807) is 24.3 Å². The third kappa shape index (κ3) is 18.7.